The molecule has 2 heterocycles. The minimum atomic E-state index is -0.697. The maximum Gasteiger partial charge on any atom is 0.320 e. The van der Waals surface area contributed by atoms with Crippen LogP contribution in [0.1, 0.15) is 31.7 Å². The second kappa shape index (κ2) is 5.96. The molecular weight excluding hydrogens is 228 g/mol. The Morgan fingerprint density at radius 1 is 1.61 bits per heavy atom. The van der Waals surface area contributed by atoms with Crippen LogP contribution >= 0.6 is 0 Å². The highest BCUT2D eigenvalue weighted by atomic mass is 16.4. The monoisotopic (exact) mass is 248 g/mol. The van der Waals surface area contributed by atoms with Gasteiger partial charge in [-0.25, -0.2) is 0 Å². The smallest absolute Gasteiger partial charge is 0.320 e. The number of carbonyl (C=O) groups is 1. The first-order chi connectivity index (χ1) is 8.70. The summed E-state index contributed by atoms with van der Waals surface area (Å²) in [7, 11) is 0. The van der Waals surface area contributed by atoms with Crippen molar-refractivity contribution in [1.29, 1.82) is 0 Å². The Morgan fingerprint density at radius 3 is 3.06 bits per heavy atom. The van der Waals surface area contributed by atoms with E-state index in [4.69, 9.17) is 0 Å². The fourth-order valence-corrected chi connectivity index (χ4v) is 2.63. The van der Waals surface area contributed by atoms with Crippen LogP contribution in [0, 0.1) is 5.92 Å². The molecule has 4 heteroatoms. The molecule has 1 aromatic heterocycles. The fourth-order valence-electron chi connectivity index (χ4n) is 2.63. The molecule has 2 atom stereocenters. The zero-order valence-corrected chi connectivity index (χ0v) is 10.7. The molecule has 18 heavy (non-hydrogen) atoms. The molecule has 0 aliphatic carbocycles. The SMILES string of the molecule is CCC1CCN(Cc2cccnc2)C(C(=O)O)C1. The Morgan fingerprint density at radius 2 is 2.44 bits per heavy atom. The second-order valence-electron chi connectivity index (χ2n) is 4.98. The van der Waals surface area contributed by atoms with E-state index in [-0.39, 0.29) is 6.04 Å². The number of hydrogen-bond acceptors (Lipinski definition) is 3. The molecular formula is C14H20N2O2. The van der Waals surface area contributed by atoms with Gasteiger partial charge in [0, 0.05) is 18.9 Å². The summed E-state index contributed by atoms with van der Waals surface area (Å²) in [5, 5.41) is 9.34. The predicted octanol–water partition coefficient (Wildman–Crippen LogP) is 2.16. The normalized spacial score (nSPS) is 24.9. The third kappa shape index (κ3) is 3.07. The van der Waals surface area contributed by atoms with Gasteiger partial charge in [0.05, 0.1) is 0 Å². The average molecular weight is 248 g/mol. The van der Waals surface area contributed by atoms with Gasteiger partial charge in [-0.2, -0.15) is 0 Å². The number of carboxylic acids is 1. The van der Waals surface area contributed by atoms with Crippen molar-refractivity contribution in [3.05, 3.63) is 30.1 Å². The lowest BCUT2D eigenvalue weighted by Gasteiger charge is -2.36. The van der Waals surface area contributed by atoms with Crippen LogP contribution in [0.5, 0.6) is 0 Å². The summed E-state index contributed by atoms with van der Waals surface area (Å²) in [5.74, 6) is -0.145. The molecule has 4 nitrogen and oxygen atoms in total. The van der Waals surface area contributed by atoms with Crippen LogP contribution in [-0.4, -0.2) is 33.5 Å². The molecule has 1 aliphatic rings. The largest absolute Gasteiger partial charge is 0.480 e. The van der Waals surface area contributed by atoms with Gasteiger partial charge in [-0.1, -0.05) is 19.4 Å². The van der Waals surface area contributed by atoms with Crippen molar-refractivity contribution >= 4 is 5.97 Å². The van der Waals surface area contributed by atoms with Gasteiger partial charge in [0.25, 0.3) is 0 Å². The van der Waals surface area contributed by atoms with E-state index in [0.29, 0.717) is 12.5 Å². The van der Waals surface area contributed by atoms with Gasteiger partial charge in [-0.15, -0.1) is 0 Å². The summed E-state index contributed by atoms with van der Waals surface area (Å²) >= 11 is 0. The first kappa shape index (κ1) is 13.0. The highest BCUT2D eigenvalue weighted by Crippen LogP contribution is 2.26. The predicted molar refractivity (Wildman–Crippen MR) is 69.1 cm³/mol. The number of aliphatic carboxylic acids is 1. The van der Waals surface area contributed by atoms with E-state index in [1.807, 2.05) is 18.3 Å². The molecule has 98 valence electrons. The maximum atomic E-state index is 11.4. The molecule has 0 amide bonds. The van der Waals surface area contributed by atoms with E-state index in [2.05, 4.69) is 16.8 Å². The lowest BCUT2D eigenvalue weighted by atomic mass is 9.88. The summed E-state index contributed by atoms with van der Waals surface area (Å²) in [4.78, 5) is 17.5. The fraction of sp³-hybridized carbons (Fsp3) is 0.571. The van der Waals surface area contributed by atoms with Crippen LogP contribution in [0.2, 0.25) is 0 Å². The molecule has 1 aromatic rings. The van der Waals surface area contributed by atoms with Crippen molar-refractivity contribution in [2.24, 2.45) is 5.92 Å². The minimum Gasteiger partial charge on any atom is -0.480 e. The van der Waals surface area contributed by atoms with Gasteiger partial charge in [-0.3, -0.25) is 14.7 Å². The lowest BCUT2D eigenvalue weighted by molar-refractivity contribution is -0.145. The lowest BCUT2D eigenvalue weighted by Crippen LogP contribution is -2.46. The van der Waals surface area contributed by atoms with Crippen LogP contribution in [0.15, 0.2) is 24.5 Å². The van der Waals surface area contributed by atoms with Crippen LogP contribution < -0.4 is 0 Å². The van der Waals surface area contributed by atoms with Crippen molar-refractivity contribution < 1.29 is 9.90 Å². The van der Waals surface area contributed by atoms with Gasteiger partial charge in [-0.05, 0) is 36.9 Å². The molecule has 0 spiro atoms. The zero-order valence-electron chi connectivity index (χ0n) is 10.7. The summed E-state index contributed by atoms with van der Waals surface area (Å²) in [6.45, 7) is 3.69. The van der Waals surface area contributed by atoms with Gasteiger partial charge in [0.1, 0.15) is 6.04 Å². The van der Waals surface area contributed by atoms with Crippen LogP contribution in [0.25, 0.3) is 0 Å². The molecule has 0 saturated carbocycles. The van der Waals surface area contributed by atoms with E-state index in [0.717, 1.165) is 31.4 Å². The third-order valence-electron chi connectivity index (χ3n) is 3.79. The Labute approximate surface area is 108 Å². The molecule has 0 radical (unpaired) electrons. The highest BCUT2D eigenvalue weighted by molar-refractivity contribution is 5.73. The molecule has 1 N–H and O–H groups in total. The zero-order chi connectivity index (χ0) is 13.0. The third-order valence-corrected chi connectivity index (χ3v) is 3.79. The standard InChI is InChI=1S/C14H20N2O2/c1-2-11-5-7-16(13(8-11)14(17)18)10-12-4-3-6-15-9-12/h3-4,6,9,11,13H,2,5,7-8,10H2,1H3,(H,17,18). The second-order valence-corrected chi connectivity index (χ2v) is 4.98. The van der Waals surface area contributed by atoms with E-state index >= 15 is 0 Å². The van der Waals surface area contributed by atoms with Gasteiger partial charge < -0.3 is 5.11 Å². The molecule has 1 saturated heterocycles. The summed E-state index contributed by atoms with van der Waals surface area (Å²) in [6, 6.07) is 3.55. The van der Waals surface area contributed by atoms with Crippen LogP contribution in [0.4, 0.5) is 0 Å². The van der Waals surface area contributed by atoms with Crippen molar-refractivity contribution in [3.8, 4) is 0 Å². The van der Waals surface area contributed by atoms with E-state index in [1.165, 1.54) is 0 Å². The van der Waals surface area contributed by atoms with E-state index < -0.39 is 5.97 Å². The summed E-state index contributed by atoms with van der Waals surface area (Å²) in [5.41, 5.74) is 1.08. The number of piperidine rings is 1. The minimum absolute atomic E-state index is 0.344. The molecule has 2 rings (SSSR count). The quantitative estimate of drug-likeness (QED) is 0.887. The number of aromatic nitrogens is 1. The molecule has 1 fully saturated rings. The summed E-state index contributed by atoms with van der Waals surface area (Å²) in [6.07, 6.45) is 6.49. The topological polar surface area (TPSA) is 53.4 Å². The first-order valence-corrected chi connectivity index (χ1v) is 6.56. The maximum absolute atomic E-state index is 11.4. The van der Waals surface area contributed by atoms with Gasteiger partial charge in [0.2, 0.25) is 0 Å². The average Bonchev–Trinajstić information content (AvgIpc) is 2.40. The number of nitrogens with zero attached hydrogens (tertiary/aromatic N) is 2. The number of carboxylic acid groups (broad SMARTS) is 1. The first-order valence-electron chi connectivity index (χ1n) is 6.56. The van der Waals surface area contributed by atoms with Crippen molar-refractivity contribution in [1.82, 2.24) is 9.88 Å². The Balaban J connectivity index is 2.04. The van der Waals surface area contributed by atoms with Crippen LogP contribution in [-0.2, 0) is 11.3 Å². The van der Waals surface area contributed by atoms with Crippen molar-refractivity contribution in [2.45, 2.75) is 38.8 Å². The van der Waals surface area contributed by atoms with Gasteiger partial charge in [0.15, 0.2) is 0 Å². The Hall–Kier alpha value is -1.42. The van der Waals surface area contributed by atoms with Crippen molar-refractivity contribution in [3.63, 3.8) is 0 Å². The van der Waals surface area contributed by atoms with Gasteiger partial charge >= 0.3 is 5.97 Å². The summed E-state index contributed by atoms with van der Waals surface area (Å²) < 4.78 is 0. The molecule has 0 aromatic carbocycles. The Kier molecular flexibility index (Phi) is 4.31. The Bertz CT molecular complexity index is 394. The molecule has 1 aliphatic heterocycles. The molecule has 0 bridgehead atoms. The highest BCUT2D eigenvalue weighted by Gasteiger charge is 2.32. The number of pyridine rings is 1. The number of likely N-dealkylation sites (tertiary alicyclic amines) is 1. The van der Waals surface area contributed by atoms with E-state index in [9.17, 15) is 9.90 Å². The number of hydrogen-bond donors (Lipinski definition) is 1. The van der Waals surface area contributed by atoms with Crippen molar-refractivity contribution in [2.75, 3.05) is 6.54 Å². The van der Waals surface area contributed by atoms with E-state index in [1.54, 1.807) is 6.20 Å². The van der Waals surface area contributed by atoms with Crippen LogP contribution in [0.3, 0.4) is 0 Å². The number of rotatable bonds is 4. The molecule has 2 unspecified atom stereocenters.